The molecule has 0 saturated heterocycles. The van der Waals surface area contributed by atoms with Gasteiger partial charge in [-0.2, -0.15) is 0 Å². The number of hydrogen-bond acceptors (Lipinski definition) is 4. The molecule has 0 aliphatic heterocycles. The van der Waals surface area contributed by atoms with Crippen LogP contribution in [0.25, 0.3) is 0 Å². The van der Waals surface area contributed by atoms with Crippen molar-refractivity contribution in [2.45, 2.75) is 55.2 Å². The molecule has 1 aromatic carbocycles. The van der Waals surface area contributed by atoms with Crippen molar-refractivity contribution in [2.24, 2.45) is 0 Å². The third kappa shape index (κ3) is 3.98. The zero-order valence-corrected chi connectivity index (χ0v) is 13.7. The van der Waals surface area contributed by atoms with E-state index in [1.54, 1.807) is 31.4 Å². The van der Waals surface area contributed by atoms with Crippen molar-refractivity contribution in [3.05, 3.63) is 24.3 Å². The van der Waals surface area contributed by atoms with E-state index in [9.17, 15) is 8.42 Å². The number of sulfone groups is 1. The van der Waals surface area contributed by atoms with Gasteiger partial charge >= 0.3 is 0 Å². The number of rotatable bonds is 6. The highest BCUT2D eigenvalue weighted by molar-refractivity contribution is 7.92. The summed E-state index contributed by atoms with van der Waals surface area (Å²) in [7, 11) is -1.66. The molecule has 0 amide bonds. The quantitative estimate of drug-likeness (QED) is 0.877. The predicted octanol–water partition coefficient (Wildman–Crippen LogP) is 2.78. The molecule has 4 nitrogen and oxygen atoms in total. The van der Waals surface area contributed by atoms with Gasteiger partial charge in [-0.05, 0) is 56.5 Å². The Morgan fingerprint density at radius 3 is 2.57 bits per heavy atom. The molecule has 0 heterocycles. The van der Waals surface area contributed by atoms with Crippen LogP contribution in [-0.4, -0.2) is 33.4 Å². The molecule has 2 rings (SSSR count). The van der Waals surface area contributed by atoms with Crippen molar-refractivity contribution in [3.8, 4) is 5.75 Å². The fourth-order valence-corrected chi connectivity index (χ4v) is 4.78. The fourth-order valence-electron chi connectivity index (χ4n) is 2.92. The second-order valence-corrected chi connectivity index (χ2v) is 7.89. The predicted molar refractivity (Wildman–Crippen MR) is 84.5 cm³/mol. The first-order chi connectivity index (χ1) is 10.1. The normalized spacial score (nSPS) is 23.0. The van der Waals surface area contributed by atoms with Crippen molar-refractivity contribution in [2.75, 3.05) is 13.7 Å². The monoisotopic (exact) mass is 311 g/mol. The summed E-state index contributed by atoms with van der Waals surface area (Å²) in [5.41, 5.74) is 0. The van der Waals surface area contributed by atoms with Crippen molar-refractivity contribution < 1.29 is 13.2 Å². The van der Waals surface area contributed by atoms with E-state index < -0.39 is 9.84 Å². The van der Waals surface area contributed by atoms with E-state index in [1.165, 1.54) is 0 Å². The van der Waals surface area contributed by atoms with Crippen LogP contribution in [0.4, 0.5) is 0 Å². The van der Waals surface area contributed by atoms with Crippen LogP contribution in [0.2, 0.25) is 0 Å². The molecule has 1 fully saturated rings. The molecular weight excluding hydrogens is 286 g/mol. The average Bonchev–Trinajstić information content (AvgIpc) is 2.53. The Morgan fingerprint density at radius 2 is 1.95 bits per heavy atom. The summed E-state index contributed by atoms with van der Waals surface area (Å²) in [6.07, 6.45) is 4.61. The summed E-state index contributed by atoms with van der Waals surface area (Å²) in [4.78, 5) is 0.407. The Morgan fingerprint density at radius 1 is 1.24 bits per heavy atom. The SMILES string of the molecule is CCCNC1CCCC(S(=O)(=O)c2ccc(OC)cc2)C1. The van der Waals surface area contributed by atoms with Gasteiger partial charge in [-0.1, -0.05) is 13.3 Å². The molecule has 0 spiro atoms. The lowest BCUT2D eigenvalue weighted by molar-refractivity contribution is 0.372. The number of nitrogens with one attached hydrogen (secondary N) is 1. The van der Waals surface area contributed by atoms with E-state index in [0.29, 0.717) is 23.1 Å². The topological polar surface area (TPSA) is 55.4 Å². The highest BCUT2D eigenvalue weighted by Gasteiger charge is 2.32. The first-order valence-electron chi connectivity index (χ1n) is 7.69. The van der Waals surface area contributed by atoms with Gasteiger partial charge in [-0.15, -0.1) is 0 Å². The van der Waals surface area contributed by atoms with E-state index in [2.05, 4.69) is 12.2 Å². The van der Waals surface area contributed by atoms with E-state index in [0.717, 1.165) is 32.2 Å². The molecule has 21 heavy (non-hydrogen) atoms. The minimum atomic E-state index is -3.24. The molecule has 1 aliphatic carbocycles. The first-order valence-corrected chi connectivity index (χ1v) is 9.24. The third-order valence-corrected chi connectivity index (χ3v) is 6.37. The molecule has 1 N–H and O–H groups in total. The Hall–Kier alpha value is -1.07. The molecule has 0 bridgehead atoms. The van der Waals surface area contributed by atoms with E-state index in [-0.39, 0.29) is 5.25 Å². The first kappa shape index (κ1) is 16.3. The zero-order chi connectivity index (χ0) is 15.3. The van der Waals surface area contributed by atoms with E-state index >= 15 is 0 Å². The van der Waals surface area contributed by atoms with Gasteiger partial charge in [-0.3, -0.25) is 0 Å². The fraction of sp³-hybridized carbons (Fsp3) is 0.625. The van der Waals surface area contributed by atoms with Crippen LogP contribution in [0.3, 0.4) is 0 Å². The van der Waals surface area contributed by atoms with Gasteiger partial charge < -0.3 is 10.1 Å². The highest BCUT2D eigenvalue weighted by atomic mass is 32.2. The minimum absolute atomic E-state index is 0.269. The largest absolute Gasteiger partial charge is 0.497 e. The number of ether oxygens (including phenoxy) is 1. The van der Waals surface area contributed by atoms with E-state index in [4.69, 9.17) is 4.74 Å². The van der Waals surface area contributed by atoms with Gasteiger partial charge in [0.05, 0.1) is 17.3 Å². The maximum atomic E-state index is 12.7. The maximum absolute atomic E-state index is 12.7. The molecule has 2 unspecified atom stereocenters. The van der Waals surface area contributed by atoms with Crippen LogP contribution < -0.4 is 10.1 Å². The van der Waals surface area contributed by atoms with Gasteiger partial charge in [0.15, 0.2) is 9.84 Å². The molecule has 118 valence electrons. The van der Waals surface area contributed by atoms with Crippen LogP contribution in [0.1, 0.15) is 39.0 Å². The smallest absolute Gasteiger partial charge is 0.181 e. The Bertz CT molecular complexity index is 539. The van der Waals surface area contributed by atoms with Gasteiger partial charge in [-0.25, -0.2) is 8.42 Å². The maximum Gasteiger partial charge on any atom is 0.181 e. The highest BCUT2D eigenvalue weighted by Crippen LogP contribution is 2.29. The van der Waals surface area contributed by atoms with Crippen molar-refractivity contribution in [3.63, 3.8) is 0 Å². The van der Waals surface area contributed by atoms with Gasteiger partial charge in [0, 0.05) is 6.04 Å². The lowest BCUT2D eigenvalue weighted by Gasteiger charge is -2.29. The van der Waals surface area contributed by atoms with Gasteiger partial charge in [0.1, 0.15) is 5.75 Å². The van der Waals surface area contributed by atoms with Gasteiger partial charge in [0.2, 0.25) is 0 Å². The summed E-state index contributed by atoms with van der Waals surface area (Å²) in [6.45, 7) is 3.08. The molecule has 1 aliphatic rings. The van der Waals surface area contributed by atoms with Crippen LogP contribution in [0.5, 0.6) is 5.75 Å². The lowest BCUT2D eigenvalue weighted by Crippen LogP contribution is -2.39. The summed E-state index contributed by atoms with van der Waals surface area (Å²) in [5.74, 6) is 0.681. The van der Waals surface area contributed by atoms with Crippen molar-refractivity contribution in [1.29, 1.82) is 0 Å². The van der Waals surface area contributed by atoms with Crippen LogP contribution in [-0.2, 0) is 9.84 Å². The standard InChI is InChI=1S/C16H25NO3S/c1-3-11-17-13-5-4-6-16(12-13)21(18,19)15-9-7-14(20-2)8-10-15/h7-10,13,16-17H,3-6,11-12H2,1-2H3. The lowest BCUT2D eigenvalue weighted by atomic mass is 9.95. The zero-order valence-electron chi connectivity index (χ0n) is 12.8. The molecule has 1 aromatic rings. The van der Waals surface area contributed by atoms with Crippen molar-refractivity contribution in [1.82, 2.24) is 5.32 Å². The second kappa shape index (κ2) is 7.27. The molecule has 0 radical (unpaired) electrons. The van der Waals surface area contributed by atoms with Crippen LogP contribution in [0, 0.1) is 0 Å². The van der Waals surface area contributed by atoms with Crippen LogP contribution in [0.15, 0.2) is 29.2 Å². The van der Waals surface area contributed by atoms with Crippen LogP contribution >= 0.6 is 0 Å². The summed E-state index contributed by atoms with van der Waals surface area (Å²) < 4.78 is 30.6. The molecule has 2 atom stereocenters. The molecule has 0 aromatic heterocycles. The summed E-state index contributed by atoms with van der Waals surface area (Å²) in [5, 5.41) is 3.19. The Balaban J connectivity index is 2.10. The Kier molecular flexibility index (Phi) is 5.65. The number of methoxy groups -OCH3 is 1. The van der Waals surface area contributed by atoms with Crippen molar-refractivity contribution >= 4 is 9.84 Å². The molecular formula is C16H25NO3S. The number of hydrogen-bond donors (Lipinski definition) is 1. The molecule has 1 saturated carbocycles. The Labute approximate surface area is 127 Å². The van der Waals surface area contributed by atoms with Gasteiger partial charge in [0.25, 0.3) is 0 Å². The average molecular weight is 311 g/mol. The summed E-state index contributed by atoms with van der Waals surface area (Å²) in [6, 6.07) is 7.05. The van der Waals surface area contributed by atoms with E-state index in [1.807, 2.05) is 0 Å². The molecule has 5 heteroatoms. The minimum Gasteiger partial charge on any atom is -0.497 e. The second-order valence-electron chi connectivity index (χ2n) is 5.66. The number of benzene rings is 1. The third-order valence-electron chi connectivity index (χ3n) is 4.14. The summed E-state index contributed by atoms with van der Waals surface area (Å²) >= 11 is 0.